The van der Waals surface area contributed by atoms with Crippen molar-refractivity contribution in [2.24, 2.45) is 7.05 Å². The summed E-state index contributed by atoms with van der Waals surface area (Å²) in [5, 5.41) is 0. The summed E-state index contributed by atoms with van der Waals surface area (Å²) in [6.07, 6.45) is 2.09. The number of rotatable bonds is 3. The lowest BCUT2D eigenvalue weighted by molar-refractivity contribution is 0.0900. The van der Waals surface area contributed by atoms with E-state index < -0.39 is 0 Å². The van der Waals surface area contributed by atoms with Gasteiger partial charge in [0.05, 0.1) is 11.0 Å². The van der Waals surface area contributed by atoms with Crippen LogP contribution in [-0.4, -0.2) is 15.0 Å². The molecular weight excluding hydrogens is 230 g/mol. The number of fused-ring (bicyclic) bond motifs is 1. The number of carbonyl (C=O) groups excluding carboxylic acids is 1. The lowest BCUT2D eigenvalue weighted by Gasteiger charge is -2.01. The lowest BCUT2D eigenvalue weighted by Crippen LogP contribution is -2.27. The van der Waals surface area contributed by atoms with Crippen LogP contribution < -0.4 is 11.4 Å². The molecule has 0 amide bonds. The Morgan fingerprint density at radius 2 is 2.06 bits per heavy atom. The minimum atomic E-state index is -0.309. The third-order valence-electron chi connectivity index (χ3n) is 3.07. The molecular formula is C13H17N3O2. The molecule has 0 aliphatic carbocycles. The number of nitrogen functional groups attached to an aromatic ring is 1. The highest BCUT2D eigenvalue weighted by molar-refractivity contribution is 5.91. The van der Waals surface area contributed by atoms with Crippen molar-refractivity contribution < 1.29 is 4.79 Å². The van der Waals surface area contributed by atoms with Gasteiger partial charge in [-0.1, -0.05) is 13.3 Å². The quantitative estimate of drug-likeness (QED) is 0.840. The van der Waals surface area contributed by atoms with Gasteiger partial charge in [0.2, 0.25) is 5.91 Å². The van der Waals surface area contributed by atoms with Gasteiger partial charge in [-0.2, -0.15) is 0 Å². The maximum atomic E-state index is 12.1. The number of unbranched alkanes of at least 4 members (excludes halogenated alkanes) is 1. The van der Waals surface area contributed by atoms with Crippen LogP contribution in [0.25, 0.3) is 11.0 Å². The molecule has 0 aliphatic heterocycles. The summed E-state index contributed by atoms with van der Waals surface area (Å²) < 4.78 is 2.69. The highest BCUT2D eigenvalue weighted by Crippen LogP contribution is 2.16. The summed E-state index contributed by atoms with van der Waals surface area (Å²) in [6, 6.07) is 5.15. The lowest BCUT2D eigenvalue weighted by atomic mass is 10.2. The molecule has 0 atom stereocenters. The number of hydrogen-bond donors (Lipinski definition) is 1. The average molecular weight is 247 g/mol. The van der Waals surface area contributed by atoms with Crippen molar-refractivity contribution >= 4 is 22.6 Å². The van der Waals surface area contributed by atoms with Gasteiger partial charge >= 0.3 is 5.69 Å². The fourth-order valence-electron chi connectivity index (χ4n) is 2.04. The Hall–Kier alpha value is -2.04. The fraction of sp³-hybridized carbons (Fsp3) is 0.385. The van der Waals surface area contributed by atoms with Gasteiger partial charge in [-0.25, -0.2) is 9.36 Å². The molecule has 0 radical (unpaired) electrons. The Morgan fingerprint density at radius 3 is 2.72 bits per heavy atom. The molecule has 0 spiro atoms. The SMILES string of the molecule is CCCCC(=O)n1c(=O)n(C)c2ccc(N)cc21. The van der Waals surface area contributed by atoms with Crippen molar-refractivity contribution in [3.05, 3.63) is 28.7 Å². The largest absolute Gasteiger partial charge is 0.399 e. The first-order valence-corrected chi connectivity index (χ1v) is 6.06. The standard InChI is InChI=1S/C13H17N3O2/c1-3-4-5-12(17)16-11-8-9(14)6-7-10(11)15(2)13(16)18/h6-8H,3-5,14H2,1-2H3. The molecule has 18 heavy (non-hydrogen) atoms. The molecule has 5 heteroatoms. The maximum Gasteiger partial charge on any atom is 0.335 e. The van der Waals surface area contributed by atoms with Crippen LogP contribution in [0.1, 0.15) is 31.0 Å². The summed E-state index contributed by atoms with van der Waals surface area (Å²) >= 11 is 0. The smallest absolute Gasteiger partial charge is 0.335 e. The Morgan fingerprint density at radius 1 is 1.33 bits per heavy atom. The molecule has 96 valence electrons. The van der Waals surface area contributed by atoms with E-state index in [1.54, 1.807) is 25.2 Å². The number of carbonyl (C=O) groups is 1. The molecule has 5 nitrogen and oxygen atoms in total. The molecule has 1 aromatic heterocycles. The number of nitrogens with zero attached hydrogens (tertiary/aromatic N) is 2. The van der Waals surface area contributed by atoms with Gasteiger partial charge in [-0.3, -0.25) is 9.36 Å². The van der Waals surface area contributed by atoms with Gasteiger partial charge in [0, 0.05) is 19.2 Å². The summed E-state index contributed by atoms with van der Waals surface area (Å²) in [5.74, 6) is -0.168. The average Bonchev–Trinajstić information content (AvgIpc) is 2.59. The number of nitrogens with two attached hydrogens (primary N) is 1. The third kappa shape index (κ3) is 1.92. The Bertz CT molecular complexity index is 652. The summed E-state index contributed by atoms with van der Waals surface area (Å²) in [5.41, 5.74) is 7.26. The highest BCUT2D eigenvalue weighted by Gasteiger charge is 2.16. The van der Waals surface area contributed by atoms with Crippen LogP contribution in [0.5, 0.6) is 0 Å². The van der Waals surface area contributed by atoms with Crippen molar-refractivity contribution in [2.75, 3.05) is 5.73 Å². The van der Waals surface area contributed by atoms with E-state index in [1.807, 2.05) is 6.92 Å². The predicted molar refractivity (Wildman–Crippen MR) is 71.7 cm³/mol. The van der Waals surface area contributed by atoms with Crippen LogP contribution in [0.3, 0.4) is 0 Å². The van der Waals surface area contributed by atoms with Gasteiger partial charge in [0.25, 0.3) is 0 Å². The van der Waals surface area contributed by atoms with E-state index in [9.17, 15) is 9.59 Å². The van der Waals surface area contributed by atoms with Gasteiger partial charge in [-0.05, 0) is 24.6 Å². The molecule has 1 aromatic carbocycles. The van der Waals surface area contributed by atoms with Crippen molar-refractivity contribution in [3.63, 3.8) is 0 Å². The van der Waals surface area contributed by atoms with E-state index in [1.165, 1.54) is 9.13 Å². The minimum Gasteiger partial charge on any atom is -0.399 e. The number of imidazole rings is 1. The number of anilines is 1. The summed E-state index contributed by atoms with van der Waals surface area (Å²) in [7, 11) is 1.66. The van der Waals surface area contributed by atoms with E-state index >= 15 is 0 Å². The first-order valence-electron chi connectivity index (χ1n) is 6.06. The van der Waals surface area contributed by atoms with Crippen molar-refractivity contribution in [1.82, 2.24) is 9.13 Å². The van der Waals surface area contributed by atoms with Crippen LogP contribution in [0, 0.1) is 0 Å². The van der Waals surface area contributed by atoms with E-state index in [-0.39, 0.29) is 11.6 Å². The molecule has 0 bridgehead atoms. The molecule has 2 aromatic rings. The van der Waals surface area contributed by atoms with Crippen molar-refractivity contribution in [2.45, 2.75) is 26.2 Å². The van der Waals surface area contributed by atoms with Crippen molar-refractivity contribution in [3.8, 4) is 0 Å². The van der Waals surface area contributed by atoms with Crippen LogP contribution >= 0.6 is 0 Å². The zero-order valence-electron chi connectivity index (χ0n) is 10.6. The van der Waals surface area contributed by atoms with Gasteiger partial charge < -0.3 is 5.73 Å². The zero-order valence-corrected chi connectivity index (χ0v) is 10.6. The van der Waals surface area contributed by atoms with E-state index in [2.05, 4.69) is 0 Å². The Kier molecular flexibility index (Phi) is 3.23. The van der Waals surface area contributed by atoms with E-state index in [4.69, 9.17) is 5.73 Å². The second-order valence-corrected chi connectivity index (χ2v) is 4.42. The Labute approximate surface area is 105 Å². The van der Waals surface area contributed by atoms with Gasteiger partial charge in [0.15, 0.2) is 0 Å². The molecule has 2 rings (SSSR count). The fourth-order valence-corrected chi connectivity index (χ4v) is 2.04. The molecule has 0 unspecified atom stereocenters. The summed E-state index contributed by atoms with van der Waals surface area (Å²) in [6.45, 7) is 2.01. The molecule has 0 fully saturated rings. The normalized spacial score (nSPS) is 11.0. The number of benzene rings is 1. The molecule has 0 saturated carbocycles. The topological polar surface area (TPSA) is 70.0 Å². The van der Waals surface area contributed by atoms with Crippen LogP contribution in [0.15, 0.2) is 23.0 Å². The van der Waals surface area contributed by atoms with Gasteiger partial charge in [0.1, 0.15) is 0 Å². The zero-order chi connectivity index (χ0) is 13.3. The second-order valence-electron chi connectivity index (χ2n) is 4.42. The molecule has 0 saturated heterocycles. The second kappa shape index (κ2) is 4.68. The number of aromatic nitrogens is 2. The summed E-state index contributed by atoms with van der Waals surface area (Å²) in [4.78, 5) is 24.1. The monoisotopic (exact) mass is 247 g/mol. The van der Waals surface area contributed by atoms with Crippen LogP contribution in [-0.2, 0) is 7.05 Å². The molecule has 0 aliphatic rings. The predicted octanol–water partition coefficient (Wildman–Crippen LogP) is 1.75. The first-order chi connectivity index (χ1) is 8.56. The van der Waals surface area contributed by atoms with Gasteiger partial charge in [-0.15, -0.1) is 0 Å². The first kappa shape index (κ1) is 12.4. The van der Waals surface area contributed by atoms with E-state index in [0.717, 1.165) is 18.4 Å². The van der Waals surface area contributed by atoms with Crippen molar-refractivity contribution in [1.29, 1.82) is 0 Å². The molecule has 2 N–H and O–H groups in total. The maximum absolute atomic E-state index is 12.1. The van der Waals surface area contributed by atoms with Crippen LogP contribution in [0.2, 0.25) is 0 Å². The van der Waals surface area contributed by atoms with Crippen LogP contribution in [0.4, 0.5) is 5.69 Å². The number of hydrogen-bond acceptors (Lipinski definition) is 3. The molecule has 1 heterocycles. The van der Waals surface area contributed by atoms with E-state index in [0.29, 0.717) is 17.6 Å². The number of aryl methyl sites for hydroxylation is 1. The Balaban J connectivity index is 2.62. The highest BCUT2D eigenvalue weighted by atomic mass is 16.2. The minimum absolute atomic E-state index is 0.168. The third-order valence-corrected chi connectivity index (χ3v) is 3.07.